The second-order valence-electron chi connectivity index (χ2n) is 6.64. The Balaban J connectivity index is 1.62. The van der Waals surface area contributed by atoms with Crippen LogP contribution in [0.5, 0.6) is 0 Å². The molecule has 2 bridgehead atoms. The van der Waals surface area contributed by atoms with E-state index in [0.29, 0.717) is 24.4 Å². The summed E-state index contributed by atoms with van der Waals surface area (Å²) in [4.78, 5) is 16.8. The summed E-state index contributed by atoms with van der Waals surface area (Å²) < 4.78 is 0. The molecule has 22 heavy (non-hydrogen) atoms. The van der Waals surface area contributed by atoms with Crippen molar-refractivity contribution in [3.8, 4) is 0 Å². The maximum Gasteiger partial charge on any atom is 0.222 e. The Hall–Kier alpha value is -1.61. The van der Waals surface area contributed by atoms with E-state index in [4.69, 9.17) is 0 Å². The van der Waals surface area contributed by atoms with Gasteiger partial charge >= 0.3 is 0 Å². The number of hydrogen-bond donors (Lipinski definition) is 0. The van der Waals surface area contributed by atoms with Crippen LogP contribution in [-0.4, -0.2) is 47.4 Å². The van der Waals surface area contributed by atoms with Crippen molar-refractivity contribution in [2.45, 2.75) is 45.2 Å². The molecule has 118 valence electrons. The Morgan fingerprint density at radius 1 is 1.18 bits per heavy atom. The lowest BCUT2D eigenvalue weighted by Crippen LogP contribution is -2.55. The predicted octanol–water partition coefficient (Wildman–Crippen LogP) is 3.18. The molecule has 0 aromatic heterocycles. The number of amides is 1. The lowest BCUT2D eigenvalue weighted by Gasteiger charge is -2.41. The molecule has 2 atom stereocenters. The third-order valence-corrected chi connectivity index (χ3v) is 4.83. The van der Waals surface area contributed by atoms with Gasteiger partial charge in [-0.1, -0.05) is 48.9 Å². The first-order chi connectivity index (χ1) is 10.7. The first kappa shape index (κ1) is 15.3. The van der Waals surface area contributed by atoms with E-state index in [1.807, 2.05) is 13.0 Å². The number of carbonyl (C=O) groups excluding carboxylic acids is 1. The molecule has 2 fully saturated rings. The molecule has 0 aliphatic carbocycles. The van der Waals surface area contributed by atoms with Gasteiger partial charge < -0.3 is 4.90 Å². The van der Waals surface area contributed by atoms with Crippen LogP contribution in [0.15, 0.2) is 35.9 Å². The molecule has 3 heteroatoms. The van der Waals surface area contributed by atoms with Gasteiger partial charge in [-0.2, -0.15) is 0 Å². The summed E-state index contributed by atoms with van der Waals surface area (Å²) in [6.07, 6.45) is 5.26. The van der Waals surface area contributed by atoms with Crippen molar-refractivity contribution in [3.63, 3.8) is 0 Å². The van der Waals surface area contributed by atoms with Gasteiger partial charge in [0.25, 0.3) is 0 Å². The molecule has 2 aliphatic rings. The molecule has 1 aromatic rings. The number of fused-ring (bicyclic) bond motifs is 2. The van der Waals surface area contributed by atoms with Gasteiger partial charge in [0.1, 0.15) is 0 Å². The van der Waals surface area contributed by atoms with Crippen molar-refractivity contribution in [3.05, 3.63) is 41.5 Å². The van der Waals surface area contributed by atoms with Crippen molar-refractivity contribution in [2.24, 2.45) is 0 Å². The van der Waals surface area contributed by atoms with Crippen LogP contribution in [0.3, 0.4) is 0 Å². The minimum absolute atomic E-state index is 0.337. The topological polar surface area (TPSA) is 23.6 Å². The van der Waals surface area contributed by atoms with Crippen LogP contribution < -0.4 is 0 Å². The number of carbonyl (C=O) groups is 1. The Morgan fingerprint density at radius 3 is 2.41 bits per heavy atom. The summed E-state index contributed by atoms with van der Waals surface area (Å²) in [5.41, 5.74) is 2.66. The summed E-state index contributed by atoms with van der Waals surface area (Å²) in [5, 5.41) is 0. The molecular weight excluding hydrogens is 272 g/mol. The van der Waals surface area contributed by atoms with Crippen LogP contribution in [0, 0.1) is 0 Å². The Labute approximate surface area is 133 Å². The standard InChI is InChI=1S/C19H26N2O/c1-3-19(22)21-17-9-10-18(21)14-20(13-17)12-15(2)11-16-7-5-4-6-8-16/h4-8,11,17-18H,3,9-10,12-14H2,1-2H3/b15-11+/t17-,18-/m0/s1. The highest BCUT2D eigenvalue weighted by atomic mass is 16.2. The van der Waals surface area contributed by atoms with E-state index in [1.165, 1.54) is 24.0 Å². The monoisotopic (exact) mass is 298 g/mol. The zero-order chi connectivity index (χ0) is 15.5. The second-order valence-corrected chi connectivity index (χ2v) is 6.64. The molecule has 0 spiro atoms. The molecule has 3 rings (SSSR count). The van der Waals surface area contributed by atoms with Crippen molar-refractivity contribution in [2.75, 3.05) is 19.6 Å². The van der Waals surface area contributed by atoms with Crippen molar-refractivity contribution >= 4 is 12.0 Å². The van der Waals surface area contributed by atoms with Gasteiger partial charge in [-0.05, 0) is 25.3 Å². The molecule has 3 nitrogen and oxygen atoms in total. The summed E-state index contributed by atoms with van der Waals surface area (Å²) in [6, 6.07) is 11.4. The summed E-state index contributed by atoms with van der Waals surface area (Å²) >= 11 is 0. The van der Waals surface area contributed by atoms with Crippen LogP contribution in [-0.2, 0) is 4.79 Å². The summed E-state index contributed by atoms with van der Waals surface area (Å²) in [6.45, 7) is 7.25. The van der Waals surface area contributed by atoms with Gasteiger partial charge in [-0.25, -0.2) is 0 Å². The Kier molecular flexibility index (Phi) is 4.63. The fourth-order valence-corrected chi connectivity index (χ4v) is 3.94. The van der Waals surface area contributed by atoms with Crippen LogP contribution in [0.2, 0.25) is 0 Å². The number of piperazine rings is 1. The first-order valence-corrected chi connectivity index (χ1v) is 8.43. The van der Waals surface area contributed by atoms with E-state index in [2.05, 4.69) is 47.1 Å². The van der Waals surface area contributed by atoms with E-state index < -0.39 is 0 Å². The van der Waals surface area contributed by atoms with Crippen LogP contribution >= 0.6 is 0 Å². The second kappa shape index (κ2) is 6.66. The lowest BCUT2D eigenvalue weighted by atomic mass is 10.1. The van der Waals surface area contributed by atoms with Gasteiger partial charge in [-0.3, -0.25) is 9.69 Å². The molecule has 2 saturated heterocycles. The number of nitrogens with zero attached hydrogens (tertiary/aromatic N) is 2. The predicted molar refractivity (Wildman–Crippen MR) is 90.5 cm³/mol. The number of likely N-dealkylation sites (tertiary alicyclic amines) is 1. The maximum absolute atomic E-state index is 12.1. The molecular formula is C19H26N2O. The molecule has 0 radical (unpaired) electrons. The first-order valence-electron chi connectivity index (χ1n) is 8.43. The molecule has 1 amide bonds. The molecule has 1 aromatic carbocycles. The van der Waals surface area contributed by atoms with Crippen molar-refractivity contribution in [1.29, 1.82) is 0 Å². The molecule has 0 N–H and O–H groups in total. The molecule has 0 saturated carbocycles. The third kappa shape index (κ3) is 3.25. The number of benzene rings is 1. The van der Waals surface area contributed by atoms with Gasteiger partial charge in [0.05, 0.1) is 0 Å². The van der Waals surface area contributed by atoms with Gasteiger partial charge in [0, 0.05) is 38.1 Å². The van der Waals surface area contributed by atoms with E-state index in [9.17, 15) is 4.79 Å². The zero-order valence-electron chi connectivity index (χ0n) is 13.7. The molecule has 2 heterocycles. The van der Waals surface area contributed by atoms with Crippen LogP contribution in [0.4, 0.5) is 0 Å². The fraction of sp³-hybridized carbons (Fsp3) is 0.526. The van der Waals surface area contributed by atoms with E-state index in [0.717, 1.165) is 19.6 Å². The van der Waals surface area contributed by atoms with E-state index in [1.54, 1.807) is 0 Å². The minimum atomic E-state index is 0.337. The summed E-state index contributed by atoms with van der Waals surface area (Å²) in [7, 11) is 0. The fourth-order valence-electron chi connectivity index (χ4n) is 3.94. The molecule has 0 unspecified atom stereocenters. The minimum Gasteiger partial charge on any atom is -0.334 e. The number of rotatable bonds is 4. The highest BCUT2D eigenvalue weighted by molar-refractivity contribution is 5.77. The maximum atomic E-state index is 12.1. The quantitative estimate of drug-likeness (QED) is 0.852. The van der Waals surface area contributed by atoms with Crippen molar-refractivity contribution in [1.82, 2.24) is 9.80 Å². The van der Waals surface area contributed by atoms with Crippen molar-refractivity contribution < 1.29 is 4.79 Å². The average molecular weight is 298 g/mol. The highest BCUT2D eigenvalue weighted by Crippen LogP contribution is 2.31. The highest BCUT2D eigenvalue weighted by Gasteiger charge is 2.41. The summed E-state index contributed by atoms with van der Waals surface area (Å²) in [5.74, 6) is 0.337. The smallest absolute Gasteiger partial charge is 0.222 e. The molecule has 2 aliphatic heterocycles. The van der Waals surface area contributed by atoms with Crippen LogP contribution in [0.1, 0.15) is 38.7 Å². The number of hydrogen-bond acceptors (Lipinski definition) is 2. The zero-order valence-corrected chi connectivity index (χ0v) is 13.7. The van der Waals surface area contributed by atoms with Crippen LogP contribution in [0.25, 0.3) is 6.08 Å². The SMILES string of the molecule is CCC(=O)N1[C@H]2CC[C@H]1CN(C/C(C)=C/c1ccccc1)C2. The van der Waals surface area contributed by atoms with E-state index in [-0.39, 0.29) is 0 Å². The third-order valence-electron chi connectivity index (χ3n) is 4.83. The van der Waals surface area contributed by atoms with Gasteiger partial charge in [0.15, 0.2) is 0 Å². The van der Waals surface area contributed by atoms with Gasteiger partial charge in [-0.15, -0.1) is 0 Å². The van der Waals surface area contributed by atoms with Gasteiger partial charge in [0.2, 0.25) is 5.91 Å². The Bertz CT molecular complexity index is 538. The van der Waals surface area contributed by atoms with E-state index >= 15 is 0 Å². The largest absolute Gasteiger partial charge is 0.334 e. The Morgan fingerprint density at radius 2 is 1.82 bits per heavy atom. The lowest BCUT2D eigenvalue weighted by molar-refractivity contribution is -0.136. The normalized spacial score (nSPS) is 25.5. The average Bonchev–Trinajstić information content (AvgIpc) is 2.78.